The molecule has 1 aliphatic carbocycles. The Bertz CT molecular complexity index is 2830. The van der Waals surface area contributed by atoms with E-state index in [-0.39, 0.29) is 54.8 Å². The van der Waals surface area contributed by atoms with Crippen LogP contribution >= 0.6 is 0 Å². The van der Waals surface area contributed by atoms with Crippen LogP contribution in [0.15, 0.2) is 91.8 Å². The largest absolute Gasteiger partial charge is 0.490 e. The van der Waals surface area contributed by atoms with Gasteiger partial charge in [0, 0.05) is 75.3 Å². The fourth-order valence-corrected chi connectivity index (χ4v) is 11.9. The monoisotopic (exact) mass is 1130 g/mol. The molecule has 5 heterocycles. The molecule has 1 aromatic carbocycles. The lowest BCUT2D eigenvalue weighted by Crippen LogP contribution is -2.61. The number of carbonyl (C=O) groups is 5. The summed E-state index contributed by atoms with van der Waals surface area (Å²) in [4.78, 5) is 82.9. The highest BCUT2D eigenvalue weighted by Crippen LogP contribution is 2.39. The van der Waals surface area contributed by atoms with Crippen molar-refractivity contribution in [3.8, 4) is 5.75 Å². The molecular weight excluding hydrogens is 1040 g/mol. The van der Waals surface area contributed by atoms with Gasteiger partial charge in [-0.25, -0.2) is 9.59 Å². The Balaban J connectivity index is 0.000000556. The molecule has 15 atom stereocenters. The molecule has 0 radical (unpaired) electrons. The molecule has 0 unspecified atom stereocenters. The van der Waals surface area contributed by atoms with Crippen molar-refractivity contribution in [1.29, 1.82) is 0 Å². The molecular formula is C63H87NO17. The number of Topliss-reactive ketones (excluding diaryl/α,β-unsaturated/α-hetero) is 3. The minimum atomic E-state index is -2.43. The van der Waals surface area contributed by atoms with E-state index < -0.39 is 89.5 Å². The van der Waals surface area contributed by atoms with E-state index in [1.165, 1.54) is 25.2 Å². The predicted octanol–water partition coefficient (Wildman–Crippen LogP) is 8.73. The maximum Gasteiger partial charge on any atom is 0.336 e. The van der Waals surface area contributed by atoms with Crippen LogP contribution in [0.5, 0.6) is 5.75 Å². The van der Waals surface area contributed by atoms with Crippen molar-refractivity contribution in [3.63, 3.8) is 0 Å². The molecule has 18 nitrogen and oxygen atoms in total. The number of ketones is 3. The number of fused-ring (bicyclic) bond motifs is 5. The van der Waals surface area contributed by atoms with Gasteiger partial charge in [-0.15, -0.1) is 0 Å². The number of cyclic esters (lactones) is 1. The van der Waals surface area contributed by atoms with Gasteiger partial charge in [0.15, 0.2) is 16.9 Å². The molecule has 3 N–H and O–H groups in total. The molecule has 3 aromatic rings. The van der Waals surface area contributed by atoms with Crippen molar-refractivity contribution in [3.05, 3.63) is 88.6 Å². The summed E-state index contributed by atoms with van der Waals surface area (Å²) in [5.74, 6) is -7.51. The van der Waals surface area contributed by atoms with Crippen LogP contribution in [-0.2, 0) is 47.7 Å². The summed E-state index contributed by atoms with van der Waals surface area (Å²) in [6.07, 6.45) is 12.8. The fourth-order valence-electron chi connectivity index (χ4n) is 11.9. The smallest absolute Gasteiger partial charge is 0.336 e. The SMILES string of the molecule is CO[C@H]1C[C@@H]2CC[C@@H](C)[C@@](O)(O2)C(=O)C(=O)N2CCCC[C@H]2C(=O)O[C@H]([C@H](C)C[C@@H]2CC[C@@H](O)[C@H](OC)C2)CC(=O)[C@H](C)/C=C(\C)[C@@H](O)[C@@H](OC)C(=O)[C@H](C)C[C@H](C)/C=C/C=CC=C1C.COc1c2occc2cc2ccc(=O)oc12. The van der Waals surface area contributed by atoms with Gasteiger partial charge in [-0.05, 0) is 125 Å². The third-order valence-electron chi connectivity index (χ3n) is 17.0. The van der Waals surface area contributed by atoms with Crippen LogP contribution in [-0.4, -0.2) is 139 Å². The number of rotatable bonds is 7. The van der Waals surface area contributed by atoms with Crippen molar-refractivity contribution >= 4 is 51.2 Å². The zero-order valence-electron chi connectivity index (χ0n) is 49.1. The zero-order valence-corrected chi connectivity index (χ0v) is 49.1. The van der Waals surface area contributed by atoms with Gasteiger partial charge in [0.1, 0.15) is 30.1 Å². The number of nitrogens with zero attached hydrogens (tertiary/aromatic N) is 1. The standard InChI is InChI=1S/C51H79NO13.C12H8O4/c1-30-16-12-11-13-17-31(2)42(61-8)28-38-21-19-36(7)51(60,65-38)48(57)49(58)52-23-15-14-18-39(52)50(59)64-43(33(4)26-37-20-22-40(53)44(27-37)62-9)29-41(54)32(3)25-35(6)46(56)47(63-10)45(55)34(5)24-30;1-14-12-10-8(4-5-15-10)6-7-2-3-9(13)16-11(7)12/h11-13,16-17,25,30,32-34,36-40,42-44,46-47,53,56,60H,14-15,18-24,26-29H2,1-10H3;2-6H,1H3/b13-11?,16-12+,31-17?,35-25+;/t30-,32-,33-,34-,36-,37+,38+,39+,40-,42+,43+,44-,46-,47+,51-;/m1./s1. The number of hydrogen-bond acceptors (Lipinski definition) is 17. The second-order valence-electron chi connectivity index (χ2n) is 23.0. The van der Waals surface area contributed by atoms with Gasteiger partial charge in [0.25, 0.3) is 11.7 Å². The first-order valence-corrected chi connectivity index (χ1v) is 28.7. The van der Waals surface area contributed by atoms with Crippen molar-refractivity contribution in [2.45, 2.75) is 180 Å². The molecule has 2 bridgehead atoms. The average molecular weight is 1130 g/mol. The highest BCUT2D eigenvalue weighted by Gasteiger charge is 2.53. The quantitative estimate of drug-likeness (QED) is 0.0866. The predicted molar refractivity (Wildman–Crippen MR) is 304 cm³/mol. The minimum absolute atomic E-state index is 0.0193. The second-order valence-corrected chi connectivity index (χ2v) is 23.0. The second kappa shape index (κ2) is 29.6. The number of benzene rings is 1. The number of allylic oxidation sites excluding steroid dienone is 6. The van der Waals surface area contributed by atoms with Crippen LogP contribution in [0.2, 0.25) is 0 Å². The number of amides is 1. The maximum atomic E-state index is 14.4. The van der Waals surface area contributed by atoms with Gasteiger partial charge in [0.05, 0.1) is 37.8 Å². The van der Waals surface area contributed by atoms with Gasteiger partial charge in [-0.3, -0.25) is 19.2 Å². The number of aliphatic hydroxyl groups is 3. The molecule has 81 heavy (non-hydrogen) atoms. The molecule has 4 aliphatic rings. The molecule has 0 spiro atoms. The number of esters is 1. The van der Waals surface area contributed by atoms with E-state index >= 15 is 0 Å². The van der Waals surface area contributed by atoms with E-state index in [1.54, 1.807) is 53.4 Å². The molecule has 2 saturated heterocycles. The maximum absolute atomic E-state index is 14.4. The molecule has 7 rings (SSSR count). The zero-order chi connectivity index (χ0) is 59.3. The summed E-state index contributed by atoms with van der Waals surface area (Å²) in [5, 5.41) is 35.6. The van der Waals surface area contributed by atoms with Gasteiger partial charge in [-0.1, -0.05) is 71.1 Å². The lowest BCUT2D eigenvalue weighted by atomic mass is 9.78. The summed E-state index contributed by atoms with van der Waals surface area (Å²) in [5.41, 5.74) is 1.86. The van der Waals surface area contributed by atoms with Crippen molar-refractivity contribution in [1.82, 2.24) is 4.90 Å². The average Bonchev–Trinajstić information content (AvgIpc) is 3.99. The minimum Gasteiger partial charge on any atom is -0.490 e. The van der Waals surface area contributed by atoms with Crippen LogP contribution in [0, 0.1) is 35.5 Å². The van der Waals surface area contributed by atoms with Crippen LogP contribution in [0.1, 0.15) is 126 Å². The highest BCUT2D eigenvalue weighted by molar-refractivity contribution is 6.39. The summed E-state index contributed by atoms with van der Waals surface area (Å²) in [7, 11) is 6.04. The third-order valence-corrected chi connectivity index (χ3v) is 17.0. The Kier molecular flexibility index (Phi) is 23.6. The Morgan fingerprint density at radius 1 is 0.802 bits per heavy atom. The number of hydrogen-bond donors (Lipinski definition) is 3. The molecule has 18 heteroatoms. The molecule has 1 amide bonds. The normalized spacial score (nSPS) is 33.6. The number of methoxy groups -OCH3 is 4. The molecule has 3 fully saturated rings. The van der Waals surface area contributed by atoms with E-state index in [9.17, 15) is 44.1 Å². The van der Waals surface area contributed by atoms with Gasteiger partial charge in [-0.2, -0.15) is 0 Å². The number of furan rings is 1. The van der Waals surface area contributed by atoms with E-state index in [2.05, 4.69) is 0 Å². The van der Waals surface area contributed by atoms with Crippen LogP contribution in [0.25, 0.3) is 21.9 Å². The number of ether oxygens (including phenoxy) is 6. The highest BCUT2D eigenvalue weighted by atomic mass is 16.6. The number of carbonyl (C=O) groups excluding carboxylic acids is 5. The van der Waals surface area contributed by atoms with Crippen molar-refractivity contribution in [2.24, 2.45) is 35.5 Å². The first-order valence-electron chi connectivity index (χ1n) is 28.7. The summed E-state index contributed by atoms with van der Waals surface area (Å²) in [6.45, 7) is 12.7. The first kappa shape index (κ1) is 64.6. The van der Waals surface area contributed by atoms with E-state index in [0.29, 0.717) is 80.3 Å². The lowest BCUT2D eigenvalue weighted by Gasteiger charge is -2.42. The summed E-state index contributed by atoms with van der Waals surface area (Å²) < 4.78 is 45.0. The molecule has 3 aliphatic heterocycles. The van der Waals surface area contributed by atoms with Crippen LogP contribution in [0.4, 0.5) is 0 Å². The van der Waals surface area contributed by atoms with Crippen LogP contribution in [0.3, 0.4) is 0 Å². The first-order chi connectivity index (χ1) is 38.5. The third kappa shape index (κ3) is 16.1. The van der Waals surface area contributed by atoms with Gasteiger partial charge in [0.2, 0.25) is 11.5 Å². The van der Waals surface area contributed by atoms with Crippen molar-refractivity contribution in [2.75, 3.05) is 35.0 Å². The van der Waals surface area contributed by atoms with E-state index in [4.69, 9.17) is 37.3 Å². The molecule has 2 aromatic heterocycles. The molecule has 446 valence electrons. The topological polar surface area (TPSA) is 248 Å². The van der Waals surface area contributed by atoms with E-state index in [0.717, 1.165) is 22.8 Å². The van der Waals surface area contributed by atoms with Crippen LogP contribution < -0.4 is 10.4 Å². The number of aliphatic hydroxyl groups excluding tert-OH is 2. The Labute approximate surface area is 475 Å². The fraction of sp³-hybridized carbons (Fsp3) is 0.619. The van der Waals surface area contributed by atoms with E-state index in [1.807, 2.05) is 70.2 Å². The van der Waals surface area contributed by atoms with Gasteiger partial charge < -0.3 is 57.5 Å². The van der Waals surface area contributed by atoms with Crippen molar-refractivity contribution < 1.29 is 76.5 Å². The Morgan fingerprint density at radius 3 is 2.25 bits per heavy atom. The lowest BCUT2D eigenvalue weighted by molar-refractivity contribution is -0.265. The summed E-state index contributed by atoms with van der Waals surface area (Å²) in [6, 6.07) is 5.67. The molecule has 1 saturated carbocycles. The number of piperidine rings is 1. The van der Waals surface area contributed by atoms with Gasteiger partial charge >= 0.3 is 11.6 Å². The Hall–Kier alpha value is -5.60. The Morgan fingerprint density at radius 2 is 1.54 bits per heavy atom. The summed E-state index contributed by atoms with van der Waals surface area (Å²) >= 11 is 0.